The summed E-state index contributed by atoms with van der Waals surface area (Å²) in [6.45, 7) is 2.07. The predicted octanol–water partition coefficient (Wildman–Crippen LogP) is 4.55. The molecule has 1 fully saturated rings. The number of hydrogen-bond acceptors (Lipinski definition) is 6. The number of amides is 2. The number of aromatic nitrogens is 1. The summed E-state index contributed by atoms with van der Waals surface area (Å²) in [4.78, 5) is 28.5. The molecule has 1 saturated heterocycles. The Hall–Kier alpha value is -2.38. The van der Waals surface area contributed by atoms with Gasteiger partial charge in [-0.25, -0.2) is 4.98 Å². The van der Waals surface area contributed by atoms with E-state index < -0.39 is 0 Å². The van der Waals surface area contributed by atoms with E-state index in [1.54, 1.807) is 17.5 Å². The van der Waals surface area contributed by atoms with E-state index in [2.05, 4.69) is 17.2 Å². The number of pyridine rings is 1. The highest BCUT2D eigenvalue weighted by atomic mass is 32.2. The molecule has 1 atom stereocenters. The van der Waals surface area contributed by atoms with Gasteiger partial charge in [0.2, 0.25) is 5.91 Å². The van der Waals surface area contributed by atoms with Gasteiger partial charge in [0.1, 0.15) is 16.3 Å². The fraction of sp³-hybridized carbons (Fsp3) is 0.211. The molecule has 0 aliphatic carbocycles. The van der Waals surface area contributed by atoms with Gasteiger partial charge in [-0.15, -0.1) is 11.3 Å². The minimum absolute atomic E-state index is 0.209. The van der Waals surface area contributed by atoms with E-state index in [9.17, 15) is 9.59 Å². The van der Waals surface area contributed by atoms with Crippen molar-refractivity contribution in [3.05, 3.63) is 53.0 Å². The highest BCUT2D eigenvalue weighted by molar-refractivity contribution is 8.15. The smallest absolute Gasteiger partial charge is 0.286 e. The maximum Gasteiger partial charge on any atom is 0.286 e. The Morgan fingerprint density at radius 2 is 2.08 bits per heavy atom. The van der Waals surface area contributed by atoms with Crippen LogP contribution in [0.15, 0.2) is 41.9 Å². The van der Waals surface area contributed by atoms with Gasteiger partial charge in [0.05, 0.1) is 10.6 Å². The molecule has 1 aliphatic rings. The summed E-state index contributed by atoms with van der Waals surface area (Å²) < 4.78 is 6.08. The number of aryl methyl sites for hydroxylation is 1. The van der Waals surface area contributed by atoms with Crippen LogP contribution < -0.4 is 10.1 Å². The van der Waals surface area contributed by atoms with Crippen LogP contribution in [-0.2, 0) is 17.6 Å². The summed E-state index contributed by atoms with van der Waals surface area (Å²) in [5, 5.41) is 4.71. The number of nitrogens with zero attached hydrogens (tertiary/aromatic N) is 1. The van der Waals surface area contributed by atoms with Crippen molar-refractivity contribution in [3.8, 4) is 11.5 Å². The number of fused-ring (bicyclic) bond motifs is 1. The van der Waals surface area contributed by atoms with Crippen molar-refractivity contribution in [3.63, 3.8) is 0 Å². The number of carbonyl (C=O) groups excluding carboxylic acids is 2. The number of carbonyl (C=O) groups is 2. The summed E-state index contributed by atoms with van der Waals surface area (Å²) in [6, 6.07) is 9.76. The standard InChI is InChI=1S/C19H16N2O3S2/c1-2-11-9-13(24-15-5-7-20-18-14(15)6-8-25-18)4-3-12(11)10-16-17(22)21-19(23)26-16/h3-9,16H,2,10H2,1H3,(H,21,22,23). The molecule has 0 bridgehead atoms. The zero-order valence-corrected chi connectivity index (χ0v) is 15.7. The Morgan fingerprint density at radius 1 is 1.19 bits per heavy atom. The number of nitrogens with one attached hydrogen (secondary N) is 1. The third-order valence-corrected chi connectivity index (χ3v) is 6.09. The average Bonchev–Trinajstić information content (AvgIpc) is 3.23. The molecule has 0 spiro atoms. The molecule has 1 unspecified atom stereocenters. The van der Waals surface area contributed by atoms with Crippen molar-refractivity contribution >= 4 is 44.5 Å². The second kappa shape index (κ2) is 7.09. The molecule has 26 heavy (non-hydrogen) atoms. The van der Waals surface area contributed by atoms with Crippen LogP contribution in [0.1, 0.15) is 18.1 Å². The molecule has 3 aromatic rings. The van der Waals surface area contributed by atoms with Gasteiger partial charge in [-0.05, 0) is 53.6 Å². The molecule has 7 heteroatoms. The first-order chi connectivity index (χ1) is 12.6. The number of hydrogen-bond donors (Lipinski definition) is 1. The van der Waals surface area contributed by atoms with Crippen LogP contribution in [-0.4, -0.2) is 21.4 Å². The Kier molecular flexibility index (Phi) is 4.65. The Morgan fingerprint density at radius 3 is 2.85 bits per heavy atom. The van der Waals surface area contributed by atoms with Crippen LogP contribution >= 0.6 is 23.1 Å². The van der Waals surface area contributed by atoms with E-state index >= 15 is 0 Å². The SMILES string of the molecule is CCc1cc(Oc2ccnc3sccc23)ccc1CC1SC(=O)NC1=O. The Labute approximate surface area is 158 Å². The second-order valence-electron chi connectivity index (χ2n) is 5.92. The third-order valence-electron chi connectivity index (χ3n) is 4.29. The summed E-state index contributed by atoms with van der Waals surface area (Å²) in [5.74, 6) is 1.32. The molecule has 1 aliphatic heterocycles. The van der Waals surface area contributed by atoms with Crippen molar-refractivity contribution in [2.24, 2.45) is 0 Å². The fourth-order valence-electron chi connectivity index (χ4n) is 2.99. The lowest BCUT2D eigenvalue weighted by Gasteiger charge is -2.13. The van der Waals surface area contributed by atoms with Gasteiger partial charge >= 0.3 is 0 Å². The number of rotatable bonds is 5. The number of ether oxygens (including phenoxy) is 1. The van der Waals surface area contributed by atoms with Crippen molar-refractivity contribution in [2.45, 2.75) is 25.0 Å². The first-order valence-electron chi connectivity index (χ1n) is 8.27. The molecule has 0 radical (unpaired) electrons. The normalized spacial score (nSPS) is 16.9. The fourth-order valence-corrected chi connectivity index (χ4v) is 4.59. The first-order valence-corrected chi connectivity index (χ1v) is 10.0. The molecule has 5 nitrogen and oxygen atoms in total. The number of thioether (sulfide) groups is 1. The van der Waals surface area contributed by atoms with Crippen molar-refractivity contribution < 1.29 is 14.3 Å². The highest BCUT2D eigenvalue weighted by Gasteiger charge is 2.31. The van der Waals surface area contributed by atoms with Crippen LogP contribution in [0.3, 0.4) is 0 Å². The highest BCUT2D eigenvalue weighted by Crippen LogP contribution is 2.33. The summed E-state index contributed by atoms with van der Waals surface area (Å²) in [5.41, 5.74) is 2.18. The average molecular weight is 384 g/mol. The van der Waals surface area contributed by atoms with E-state index in [0.717, 1.165) is 51.0 Å². The lowest BCUT2D eigenvalue weighted by molar-refractivity contribution is -0.118. The van der Waals surface area contributed by atoms with E-state index in [1.807, 2.05) is 35.7 Å². The van der Waals surface area contributed by atoms with Crippen LogP contribution in [0.25, 0.3) is 10.2 Å². The molecule has 1 aromatic carbocycles. The van der Waals surface area contributed by atoms with E-state index in [0.29, 0.717) is 6.42 Å². The molecule has 3 heterocycles. The lowest BCUT2D eigenvalue weighted by Crippen LogP contribution is -2.25. The minimum Gasteiger partial charge on any atom is -0.457 e. The van der Waals surface area contributed by atoms with Crippen LogP contribution in [0, 0.1) is 0 Å². The predicted molar refractivity (Wildman–Crippen MR) is 104 cm³/mol. The molecule has 2 aromatic heterocycles. The van der Waals surface area contributed by atoms with Crippen LogP contribution in [0.4, 0.5) is 4.79 Å². The third kappa shape index (κ3) is 3.32. The summed E-state index contributed by atoms with van der Waals surface area (Å²) >= 11 is 2.64. The largest absolute Gasteiger partial charge is 0.457 e. The Bertz CT molecular complexity index is 999. The van der Waals surface area contributed by atoms with Crippen LogP contribution in [0.2, 0.25) is 0 Å². The number of benzene rings is 1. The van der Waals surface area contributed by atoms with Gasteiger partial charge in [0.25, 0.3) is 5.24 Å². The second-order valence-corrected chi connectivity index (χ2v) is 7.99. The Balaban J connectivity index is 1.58. The van der Waals surface area contributed by atoms with E-state index in [1.165, 1.54) is 0 Å². The van der Waals surface area contributed by atoms with Crippen molar-refractivity contribution in [1.82, 2.24) is 10.3 Å². The van der Waals surface area contributed by atoms with Gasteiger partial charge < -0.3 is 4.74 Å². The zero-order chi connectivity index (χ0) is 18.1. The topological polar surface area (TPSA) is 68.3 Å². The van der Waals surface area contributed by atoms with Gasteiger partial charge in [0.15, 0.2) is 0 Å². The lowest BCUT2D eigenvalue weighted by atomic mass is 10.00. The van der Waals surface area contributed by atoms with Crippen molar-refractivity contribution in [2.75, 3.05) is 0 Å². The summed E-state index contributed by atoms with van der Waals surface area (Å²) in [6.07, 6.45) is 3.11. The van der Waals surface area contributed by atoms with Gasteiger partial charge in [0, 0.05) is 6.20 Å². The number of thiophene rings is 1. The molecular formula is C19H16N2O3S2. The van der Waals surface area contributed by atoms with E-state index in [-0.39, 0.29) is 16.4 Å². The molecule has 132 valence electrons. The first kappa shape index (κ1) is 17.1. The monoisotopic (exact) mass is 384 g/mol. The number of imide groups is 1. The molecular weight excluding hydrogens is 368 g/mol. The molecule has 2 amide bonds. The zero-order valence-electron chi connectivity index (χ0n) is 14.0. The van der Waals surface area contributed by atoms with Crippen LogP contribution in [0.5, 0.6) is 11.5 Å². The molecule has 1 N–H and O–H groups in total. The van der Waals surface area contributed by atoms with Gasteiger partial charge in [-0.2, -0.15) is 0 Å². The van der Waals surface area contributed by atoms with E-state index in [4.69, 9.17) is 4.74 Å². The summed E-state index contributed by atoms with van der Waals surface area (Å²) in [7, 11) is 0. The van der Waals surface area contributed by atoms with Gasteiger partial charge in [-0.1, -0.05) is 24.8 Å². The minimum atomic E-state index is -0.356. The van der Waals surface area contributed by atoms with Crippen molar-refractivity contribution in [1.29, 1.82) is 0 Å². The molecule has 4 rings (SSSR count). The van der Waals surface area contributed by atoms with Gasteiger partial charge in [-0.3, -0.25) is 14.9 Å². The quantitative estimate of drug-likeness (QED) is 0.699. The maximum atomic E-state index is 11.8. The maximum absolute atomic E-state index is 11.8. The molecule has 0 saturated carbocycles.